The summed E-state index contributed by atoms with van der Waals surface area (Å²) in [7, 11) is 1.52. The van der Waals surface area contributed by atoms with Gasteiger partial charge in [0.2, 0.25) is 0 Å². The molecule has 0 aliphatic heterocycles. The summed E-state index contributed by atoms with van der Waals surface area (Å²) in [5.74, 6) is 0. The average Bonchev–Trinajstić information content (AvgIpc) is 1.85. The molecule has 0 aromatic heterocycles. The third kappa shape index (κ3) is 5.81. The summed E-state index contributed by atoms with van der Waals surface area (Å²) in [5.41, 5.74) is 0. The fraction of sp³-hybridized carbons (Fsp3) is 1.00. The van der Waals surface area contributed by atoms with Crippen LogP contribution in [0, 0.1) is 0 Å². The Morgan fingerprint density at radius 3 is 2.08 bits per heavy atom. The van der Waals surface area contributed by atoms with Gasteiger partial charge in [0.1, 0.15) is 0 Å². The fourth-order valence-electron chi connectivity index (χ4n) is 0.528. The Kier molecular flexibility index (Phi) is 7.11. The number of hydrogen-bond donors (Lipinski definition) is 1. The van der Waals surface area contributed by atoms with Crippen molar-refractivity contribution in [2.45, 2.75) is 19.2 Å². The molecule has 0 amide bonds. The van der Waals surface area contributed by atoms with Crippen molar-refractivity contribution in [3.05, 3.63) is 0 Å². The molecule has 1 radical (unpaired) electrons. The monoisotopic (exact) mass is 230 g/mol. The molecular weight excluding hydrogens is 218 g/mol. The molecule has 0 fully saturated rings. The van der Waals surface area contributed by atoms with Crippen LogP contribution in [0.25, 0.3) is 0 Å². The van der Waals surface area contributed by atoms with Crippen molar-refractivity contribution < 1.29 is 35.1 Å². The van der Waals surface area contributed by atoms with Gasteiger partial charge in [-0.25, -0.2) is 0 Å². The van der Waals surface area contributed by atoms with E-state index in [1.165, 1.54) is 11.9 Å². The number of aliphatic hydroxyl groups is 1. The topological polar surface area (TPSA) is 23.5 Å². The zero-order chi connectivity index (χ0) is 9.07. The van der Waals surface area contributed by atoms with Gasteiger partial charge in [-0.05, 0) is 13.6 Å². The van der Waals surface area contributed by atoms with Crippen LogP contribution in [0.15, 0.2) is 0 Å². The molecule has 1 unspecified atom stereocenters. The van der Waals surface area contributed by atoms with Crippen molar-refractivity contribution in [2.24, 2.45) is 0 Å². The molecule has 0 aromatic rings. The molecule has 1 N–H and O–H groups in total. The largest absolute Gasteiger partial charge is 0.415 e. The van der Waals surface area contributed by atoms with Gasteiger partial charge in [-0.2, -0.15) is 13.2 Å². The summed E-state index contributed by atoms with van der Waals surface area (Å²) in [6, 6.07) is 0. The first-order valence-corrected chi connectivity index (χ1v) is 3.31. The fourth-order valence-corrected chi connectivity index (χ4v) is 0.528. The summed E-state index contributed by atoms with van der Waals surface area (Å²) in [4.78, 5) is 1.40. The molecule has 0 bridgehead atoms. The molecule has 2 nitrogen and oxygen atoms in total. The van der Waals surface area contributed by atoms with Crippen molar-refractivity contribution in [1.29, 1.82) is 0 Å². The third-order valence-corrected chi connectivity index (χ3v) is 1.40. The second-order valence-electron chi connectivity index (χ2n) is 2.41. The van der Waals surface area contributed by atoms with Gasteiger partial charge in [0.25, 0.3) is 0 Å². The van der Waals surface area contributed by atoms with Crippen LogP contribution in [0.1, 0.15) is 6.92 Å². The van der Waals surface area contributed by atoms with Crippen LogP contribution in [-0.4, -0.2) is 42.4 Å². The summed E-state index contributed by atoms with van der Waals surface area (Å²) >= 11 is 0. The maximum Gasteiger partial charge on any atom is 0.415 e. The Morgan fingerprint density at radius 1 is 1.42 bits per heavy atom. The molecular formula is C6H12CoF3NO. The number of hydrogen-bond acceptors (Lipinski definition) is 2. The van der Waals surface area contributed by atoms with Gasteiger partial charge in [0.15, 0.2) is 6.10 Å². The zero-order valence-electron chi connectivity index (χ0n) is 6.85. The SMILES string of the molecule is CCN(C)CC(O)C(F)(F)F.[Co]. The first-order chi connectivity index (χ1) is 4.88. The predicted molar refractivity (Wildman–Crippen MR) is 35.2 cm³/mol. The van der Waals surface area contributed by atoms with Crippen molar-refractivity contribution >= 4 is 0 Å². The Hall–Kier alpha value is 0.216. The molecule has 12 heavy (non-hydrogen) atoms. The van der Waals surface area contributed by atoms with Gasteiger partial charge in [-0.3, -0.25) is 0 Å². The molecule has 0 aliphatic rings. The maximum absolute atomic E-state index is 11.7. The molecule has 77 valence electrons. The first kappa shape index (κ1) is 14.7. The number of likely N-dealkylation sites (N-methyl/N-ethyl adjacent to an activating group) is 1. The standard InChI is InChI=1S/C6H12F3NO.Co/c1-3-10(2)4-5(11)6(7,8)9;/h5,11H,3-4H2,1-2H3;. The third-order valence-electron chi connectivity index (χ3n) is 1.40. The van der Waals surface area contributed by atoms with Crippen LogP contribution in [-0.2, 0) is 16.8 Å². The van der Waals surface area contributed by atoms with Gasteiger partial charge < -0.3 is 10.0 Å². The van der Waals surface area contributed by atoms with E-state index in [1.54, 1.807) is 6.92 Å². The number of rotatable bonds is 3. The van der Waals surface area contributed by atoms with Crippen LogP contribution >= 0.6 is 0 Å². The van der Waals surface area contributed by atoms with E-state index in [9.17, 15) is 13.2 Å². The van der Waals surface area contributed by atoms with Crippen LogP contribution in [0.4, 0.5) is 13.2 Å². The Labute approximate surface area is 79.9 Å². The minimum absolute atomic E-state index is 0. The molecule has 0 heterocycles. The second-order valence-corrected chi connectivity index (χ2v) is 2.41. The van der Waals surface area contributed by atoms with E-state index < -0.39 is 12.3 Å². The van der Waals surface area contributed by atoms with Crippen molar-refractivity contribution in [3.63, 3.8) is 0 Å². The van der Waals surface area contributed by atoms with E-state index in [-0.39, 0.29) is 23.3 Å². The van der Waals surface area contributed by atoms with Crippen molar-refractivity contribution in [1.82, 2.24) is 4.90 Å². The summed E-state index contributed by atoms with van der Waals surface area (Å²) in [6.07, 6.45) is -6.73. The van der Waals surface area contributed by atoms with Crippen LogP contribution in [0.5, 0.6) is 0 Å². The van der Waals surface area contributed by atoms with E-state index >= 15 is 0 Å². The quantitative estimate of drug-likeness (QED) is 0.777. The summed E-state index contributed by atoms with van der Waals surface area (Å²) in [5, 5.41) is 8.52. The molecule has 0 saturated carbocycles. The van der Waals surface area contributed by atoms with E-state index in [4.69, 9.17) is 5.11 Å². The number of halogens is 3. The van der Waals surface area contributed by atoms with Crippen LogP contribution < -0.4 is 0 Å². The normalized spacial score (nSPS) is 14.2. The number of alkyl halides is 3. The van der Waals surface area contributed by atoms with E-state index in [0.29, 0.717) is 6.54 Å². The van der Waals surface area contributed by atoms with Gasteiger partial charge in [0, 0.05) is 23.3 Å². The molecule has 6 heteroatoms. The Morgan fingerprint density at radius 2 is 1.83 bits per heavy atom. The van der Waals surface area contributed by atoms with Gasteiger partial charge in [-0.15, -0.1) is 0 Å². The summed E-state index contributed by atoms with van der Waals surface area (Å²) < 4.78 is 35.0. The molecule has 1 atom stereocenters. The molecule has 0 aromatic carbocycles. The van der Waals surface area contributed by atoms with E-state index in [1.807, 2.05) is 0 Å². The maximum atomic E-state index is 11.7. The minimum atomic E-state index is -4.50. The second kappa shape index (κ2) is 5.79. The smallest absolute Gasteiger partial charge is 0.382 e. The zero-order valence-corrected chi connectivity index (χ0v) is 7.89. The molecule has 0 rings (SSSR count). The minimum Gasteiger partial charge on any atom is -0.382 e. The molecule has 0 aliphatic carbocycles. The molecule has 0 saturated heterocycles. The van der Waals surface area contributed by atoms with Crippen molar-refractivity contribution in [3.8, 4) is 0 Å². The number of aliphatic hydroxyl groups excluding tert-OH is 1. The van der Waals surface area contributed by atoms with Crippen molar-refractivity contribution in [2.75, 3.05) is 20.1 Å². The van der Waals surface area contributed by atoms with Gasteiger partial charge in [0.05, 0.1) is 0 Å². The Balaban J connectivity index is 0. The van der Waals surface area contributed by atoms with E-state index in [0.717, 1.165) is 0 Å². The van der Waals surface area contributed by atoms with E-state index in [2.05, 4.69) is 0 Å². The number of nitrogens with zero attached hydrogens (tertiary/aromatic N) is 1. The van der Waals surface area contributed by atoms with Crippen LogP contribution in [0.2, 0.25) is 0 Å². The average molecular weight is 230 g/mol. The first-order valence-electron chi connectivity index (χ1n) is 3.31. The predicted octanol–water partition coefficient (Wildman–Crippen LogP) is 0.859. The summed E-state index contributed by atoms with van der Waals surface area (Å²) in [6.45, 7) is 1.86. The van der Waals surface area contributed by atoms with Gasteiger partial charge >= 0.3 is 6.18 Å². The molecule has 0 spiro atoms. The van der Waals surface area contributed by atoms with Gasteiger partial charge in [-0.1, -0.05) is 6.92 Å². The van der Waals surface area contributed by atoms with Crippen LogP contribution in [0.3, 0.4) is 0 Å². The Bertz CT molecular complexity index is 120.